The van der Waals surface area contributed by atoms with Gasteiger partial charge in [0.1, 0.15) is 0 Å². The van der Waals surface area contributed by atoms with Crippen LogP contribution in [0, 0.1) is 0 Å². The molecule has 1 saturated heterocycles. The summed E-state index contributed by atoms with van der Waals surface area (Å²) in [5, 5.41) is 20.9. The van der Waals surface area contributed by atoms with Crippen molar-refractivity contribution in [3.05, 3.63) is 47.7 Å². The third-order valence-electron chi connectivity index (χ3n) is 6.86. The molecule has 3 N–H and O–H groups in total. The number of amides is 2. The number of benzene rings is 2. The zero-order valence-corrected chi connectivity index (χ0v) is 20.8. The van der Waals surface area contributed by atoms with E-state index >= 15 is 0 Å². The monoisotopic (exact) mass is 490 g/mol. The average Bonchev–Trinajstić information content (AvgIpc) is 3.38. The van der Waals surface area contributed by atoms with Crippen LogP contribution in [0.4, 0.5) is 5.82 Å². The molecule has 3 aromatic rings. The largest absolute Gasteiger partial charge is 0.352 e. The molecule has 10 nitrogen and oxygen atoms in total. The van der Waals surface area contributed by atoms with E-state index in [1.807, 2.05) is 31.3 Å². The maximum Gasteiger partial charge on any atom is 0.261 e. The minimum absolute atomic E-state index is 0.250. The fourth-order valence-corrected chi connectivity index (χ4v) is 4.98. The number of carbonyl (C=O) groups excluding carboxylic acids is 2. The normalized spacial score (nSPS) is 18.5. The summed E-state index contributed by atoms with van der Waals surface area (Å²) in [5.41, 5.74) is 1.90. The van der Waals surface area contributed by atoms with Gasteiger partial charge in [-0.15, -0.1) is 5.10 Å². The van der Waals surface area contributed by atoms with E-state index in [0.717, 1.165) is 82.1 Å². The van der Waals surface area contributed by atoms with Crippen LogP contribution in [0.2, 0.25) is 0 Å². The van der Waals surface area contributed by atoms with E-state index in [4.69, 9.17) is 0 Å². The molecule has 36 heavy (non-hydrogen) atoms. The third kappa shape index (κ3) is 4.84. The van der Waals surface area contributed by atoms with Crippen LogP contribution in [0.15, 0.2) is 36.5 Å². The van der Waals surface area contributed by atoms with E-state index in [1.165, 1.54) is 4.90 Å². The van der Waals surface area contributed by atoms with Gasteiger partial charge in [0.05, 0.1) is 11.9 Å². The number of hydrogen-bond donors (Lipinski definition) is 3. The van der Waals surface area contributed by atoms with Gasteiger partial charge in [0.25, 0.3) is 11.8 Å². The number of imide groups is 1. The van der Waals surface area contributed by atoms with E-state index < -0.39 is 0 Å². The lowest BCUT2D eigenvalue weighted by atomic mass is 9.93. The summed E-state index contributed by atoms with van der Waals surface area (Å²) in [7, 11) is 0. The minimum atomic E-state index is -0.250. The minimum Gasteiger partial charge on any atom is -0.352 e. The maximum absolute atomic E-state index is 13.0. The molecule has 5 rings (SSSR count). The lowest BCUT2D eigenvalue weighted by Gasteiger charge is -2.26. The second-order valence-electron chi connectivity index (χ2n) is 9.18. The molecule has 2 amide bonds. The highest BCUT2D eigenvalue weighted by Gasteiger charge is 2.32. The van der Waals surface area contributed by atoms with Crippen molar-refractivity contribution in [2.24, 2.45) is 0 Å². The predicted molar refractivity (Wildman–Crippen MR) is 140 cm³/mol. The Morgan fingerprint density at radius 1 is 0.833 bits per heavy atom. The highest BCUT2D eigenvalue weighted by atomic mass is 16.2. The quantitative estimate of drug-likeness (QED) is 0.473. The first-order chi connectivity index (χ1) is 17.7. The summed E-state index contributed by atoms with van der Waals surface area (Å²) in [6.07, 6.45) is 4.05. The molecule has 2 aliphatic rings. The molecule has 2 aromatic carbocycles. The Kier molecular flexibility index (Phi) is 7.55. The number of hydrogen-bond acceptors (Lipinski definition) is 8. The molecule has 0 saturated carbocycles. The van der Waals surface area contributed by atoms with Crippen molar-refractivity contribution in [1.82, 2.24) is 35.8 Å². The first-order valence-electron chi connectivity index (χ1n) is 12.9. The molecule has 0 bridgehead atoms. The van der Waals surface area contributed by atoms with Gasteiger partial charge >= 0.3 is 0 Å². The van der Waals surface area contributed by atoms with Gasteiger partial charge < -0.3 is 20.9 Å². The average molecular weight is 491 g/mol. The lowest BCUT2D eigenvalue weighted by Crippen LogP contribution is -2.40. The molecular formula is C26H34N8O2. The smallest absolute Gasteiger partial charge is 0.261 e. The first kappa shape index (κ1) is 24.4. The summed E-state index contributed by atoms with van der Waals surface area (Å²) >= 11 is 0. The van der Waals surface area contributed by atoms with Crippen molar-refractivity contribution in [2.45, 2.75) is 19.8 Å². The van der Waals surface area contributed by atoms with Crippen molar-refractivity contribution in [3.63, 3.8) is 0 Å². The number of carbonyl (C=O) groups is 2. The van der Waals surface area contributed by atoms with Crippen LogP contribution in [-0.4, -0.2) is 90.6 Å². The Balaban J connectivity index is 1.42. The Bertz CT molecular complexity index is 1200. The number of aromatic nitrogens is 3. The van der Waals surface area contributed by atoms with Gasteiger partial charge in [-0.2, -0.15) is 0 Å². The highest BCUT2D eigenvalue weighted by molar-refractivity contribution is 6.26. The second kappa shape index (κ2) is 11.2. The van der Waals surface area contributed by atoms with Crippen molar-refractivity contribution in [3.8, 4) is 5.69 Å². The summed E-state index contributed by atoms with van der Waals surface area (Å²) in [6, 6.07) is 9.28. The third-order valence-corrected chi connectivity index (χ3v) is 6.86. The molecule has 0 radical (unpaired) electrons. The molecule has 0 spiro atoms. The van der Waals surface area contributed by atoms with Gasteiger partial charge in [-0.1, -0.05) is 17.3 Å². The van der Waals surface area contributed by atoms with E-state index in [9.17, 15) is 9.59 Å². The van der Waals surface area contributed by atoms with Crippen LogP contribution in [0.25, 0.3) is 16.5 Å². The van der Waals surface area contributed by atoms with Crippen LogP contribution >= 0.6 is 0 Å². The summed E-state index contributed by atoms with van der Waals surface area (Å²) in [4.78, 5) is 29.5. The molecule has 3 heterocycles. The van der Waals surface area contributed by atoms with E-state index in [1.54, 1.807) is 16.8 Å². The Morgan fingerprint density at radius 3 is 2.33 bits per heavy atom. The topological polar surface area (TPSA) is 107 Å². The maximum atomic E-state index is 13.0. The number of rotatable bonds is 3. The van der Waals surface area contributed by atoms with Gasteiger partial charge in [-0.3, -0.25) is 14.5 Å². The van der Waals surface area contributed by atoms with Gasteiger partial charge in [-0.05, 0) is 57.6 Å². The molecule has 190 valence electrons. The Morgan fingerprint density at radius 2 is 1.56 bits per heavy atom. The lowest BCUT2D eigenvalue weighted by molar-refractivity contribution is 0.0619. The number of nitrogens with zero attached hydrogens (tertiary/aromatic N) is 5. The molecule has 10 heteroatoms. The van der Waals surface area contributed by atoms with Gasteiger partial charge in [-0.25, -0.2) is 4.68 Å². The zero-order valence-electron chi connectivity index (χ0n) is 20.8. The van der Waals surface area contributed by atoms with Crippen LogP contribution in [0.3, 0.4) is 0 Å². The van der Waals surface area contributed by atoms with Crippen LogP contribution in [0.5, 0.6) is 0 Å². The van der Waals surface area contributed by atoms with Crippen LogP contribution in [0.1, 0.15) is 40.5 Å². The molecule has 0 atom stereocenters. The van der Waals surface area contributed by atoms with Crippen molar-refractivity contribution in [2.75, 3.05) is 63.8 Å². The van der Waals surface area contributed by atoms with Crippen molar-refractivity contribution >= 4 is 28.4 Å². The van der Waals surface area contributed by atoms with Crippen LogP contribution < -0.4 is 20.9 Å². The fraction of sp³-hybridized carbons (Fsp3) is 0.462. The molecule has 2 aliphatic heterocycles. The predicted octanol–water partition coefficient (Wildman–Crippen LogP) is 1.41. The van der Waals surface area contributed by atoms with Crippen LogP contribution in [-0.2, 0) is 0 Å². The molecule has 0 unspecified atom stereocenters. The van der Waals surface area contributed by atoms with E-state index in [2.05, 4.69) is 31.2 Å². The van der Waals surface area contributed by atoms with Crippen molar-refractivity contribution < 1.29 is 9.59 Å². The standard InChI is InChI=1S/C26H34N8O2/c1-2-33-25(35)20-7-3-6-19-22(9-8-21(24(19)20)26(33)36)34-18-23(30-31-34)32-16-5-12-28-14-13-27-10-4-11-29-15-17-32/h3,6-9,18,27-29H,2,4-5,10-17H2,1H3. The zero-order chi connectivity index (χ0) is 24.9. The van der Waals surface area contributed by atoms with E-state index in [-0.39, 0.29) is 11.8 Å². The summed E-state index contributed by atoms with van der Waals surface area (Å²) in [6.45, 7) is 9.66. The Hall–Kier alpha value is -3.34. The van der Waals surface area contributed by atoms with Crippen molar-refractivity contribution in [1.29, 1.82) is 0 Å². The summed E-state index contributed by atoms with van der Waals surface area (Å²) < 4.78 is 1.75. The highest BCUT2D eigenvalue weighted by Crippen LogP contribution is 2.33. The first-order valence-corrected chi connectivity index (χ1v) is 12.9. The van der Waals surface area contributed by atoms with Gasteiger partial charge in [0, 0.05) is 61.2 Å². The molecule has 1 fully saturated rings. The van der Waals surface area contributed by atoms with Gasteiger partial charge in [0.2, 0.25) is 0 Å². The summed E-state index contributed by atoms with van der Waals surface area (Å²) in [5.74, 6) is 0.315. The Labute approximate surface area is 211 Å². The SMILES string of the molecule is CCN1C(=O)c2cccc3c(-n4cc(N5CCCNCCNCCCNCC5)nn4)ccc(c23)C1=O. The van der Waals surface area contributed by atoms with Gasteiger partial charge in [0.15, 0.2) is 5.82 Å². The number of nitrogens with one attached hydrogen (secondary N) is 3. The fourth-order valence-electron chi connectivity index (χ4n) is 4.98. The molecule has 1 aromatic heterocycles. The second-order valence-corrected chi connectivity index (χ2v) is 9.18. The molecule has 0 aliphatic carbocycles. The molecular weight excluding hydrogens is 456 g/mol. The number of anilines is 1. The van der Waals surface area contributed by atoms with E-state index in [0.29, 0.717) is 23.1 Å².